The van der Waals surface area contributed by atoms with E-state index in [1.165, 1.54) is 162 Å². The fourth-order valence-electron chi connectivity index (χ4n) is 12.1. The second-order valence-corrected chi connectivity index (χ2v) is 23.0. The maximum absolute atomic E-state index is 2.92. The minimum atomic E-state index is 0.245. The molecule has 0 radical (unpaired) electrons. The van der Waals surface area contributed by atoms with Crippen molar-refractivity contribution in [3.63, 3.8) is 0 Å². The van der Waals surface area contributed by atoms with E-state index in [0.29, 0.717) is 27.9 Å². The third-order valence-electron chi connectivity index (χ3n) is 15.9. The summed E-state index contributed by atoms with van der Waals surface area (Å²) in [5, 5.41) is 0. The van der Waals surface area contributed by atoms with E-state index in [1.54, 1.807) is 0 Å². The molecule has 0 aromatic rings. The second-order valence-electron chi connectivity index (χ2n) is 23.0. The average molecular weight is 711 g/mol. The Morgan fingerprint density at radius 3 is 1.43 bits per heavy atom. The Hall–Kier alpha value is -0.240. The molecule has 2 atom stereocenters. The Kier molecular flexibility index (Phi) is 12.2. The Bertz CT molecular complexity index is 1090. The van der Waals surface area contributed by atoms with Crippen LogP contribution in [0.5, 0.6) is 0 Å². The first-order valence-electron chi connectivity index (χ1n) is 22.2. The molecule has 296 valence electrons. The van der Waals surface area contributed by atoms with Gasteiger partial charge in [-0.3, -0.25) is 19.6 Å². The van der Waals surface area contributed by atoms with E-state index in [4.69, 9.17) is 0 Å². The summed E-state index contributed by atoms with van der Waals surface area (Å²) in [5.41, 5.74) is 2.41. The molecule has 6 aliphatic heterocycles. The summed E-state index contributed by atoms with van der Waals surface area (Å²) in [6.45, 7) is 44.2. The summed E-state index contributed by atoms with van der Waals surface area (Å²) in [6.07, 6.45) is 16.9. The normalized spacial score (nSPS) is 30.9. The van der Waals surface area contributed by atoms with Crippen molar-refractivity contribution >= 4 is 0 Å². The smallest absolute Gasteiger partial charge is 0.0168 e. The first-order chi connectivity index (χ1) is 23.7. The molecule has 0 amide bonds. The SMILES string of the molecule is CC(C)(C)N1CCC2(CCN(CC3CCN(C(C)(C)C)C(CC(C)(C)N4CCC(CN5CCC6(CCN(C(C)(C)C)CC6)C5)CC4)C3)CC2)CC1. The van der Waals surface area contributed by atoms with Gasteiger partial charge in [0.2, 0.25) is 0 Å². The van der Waals surface area contributed by atoms with Crippen LogP contribution in [-0.2, 0) is 0 Å². The second kappa shape index (κ2) is 15.4. The highest BCUT2D eigenvalue weighted by Gasteiger charge is 2.45. The van der Waals surface area contributed by atoms with E-state index in [9.17, 15) is 0 Å². The lowest BCUT2D eigenvalue weighted by atomic mass is 9.70. The van der Waals surface area contributed by atoms with Crippen molar-refractivity contribution in [2.24, 2.45) is 22.7 Å². The van der Waals surface area contributed by atoms with Crippen molar-refractivity contribution in [1.29, 1.82) is 0 Å². The Morgan fingerprint density at radius 1 is 0.451 bits per heavy atom. The van der Waals surface area contributed by atoms with Crippen LogP contribution < -0.4 is 0 Å². The Morgan fingerprint density at radius 2 is 0.902 bits per heavy atom. The van der Waals surface area contributed by atoms with E-state index in [1.807, 2.05) is 0 Å². The molecule has 6 rings (SSSR count). The Balaban J connectivity index is 0.958. The lowest BCUT2D eigenvalue weighted by molar-refractivity contribution is -0.0276. The van der Waals surface area contributed by atoms with Crippen molar-refractivity contribution in [2.75, 3.05) is 85.1 Å². The highest BCUT2D eigenvalue weighted by atomic mass is 15.3. The van der Waals surface area contributed by atoms with E-state index >= 15 is 0 Å². The topological polar surface area (TPSA) is 19.4 Å². The van der Waals surface area contributed by atoms with Gasteiger partial charge in [0.05, 0.1) is 0 Å². The van der Waals surface area contributed by atoms with Gasteiger partial charge in [-0.1, -0.05) is 0 Å². The molecule has 0 bridgehead atoms. The van der Waals surface area contributed by atoms with Crippen molar-refractivity contribution in [1.82, 2.24) is 29.4 Å². The first-order valence-corrected chi connectivity index (χ1v) is 22.2. The number of likely N-dealkylation sites (tertiary alicyclic amines) is 6. The number of rotatable bonds is 7. The van der Waals surface area contributed by atoms with Gasteiger partial charge in [-0.05, 0) is 241 Å². The molecule has 6 saturated heterocycles. The molecule has 2 unspecified atom stereocenters. The van der Waals surface area contributed by atoms with Crippen molar-refractivity contribution in [2.45, 2.75) is 181 Å². The van der Waals surface area contributed by atoms with Crippen LogP contribution in [0.1, 0.15) is 153 Å². The average Bonchev–Trinajstić information content (AvgIpc) is 3.42. The van der Waals surface area contributed by atoms with E-state index in [2.05, 4.69) is 106 Å². The fourth-order valence-corrected chi connectivity index (χ4v) is 12.1. The van der Waals surface area contributed by atoms with Crippen molar-refractivity contribution < 1.29 is 0 Å². The zero-order valence-electron chi connectivity index (χ0n) is 36.1. The predicted molar refractivity (Wildman–Crippen MR) is 219 cm³/mol. The number of nitrogens with zero attached hydrogens (tertiary/aromatic N) is 6. The summed E-state index contributed by atoms with van der Waals surface area (Å²) >= 11 is 0. The molecule has 6 nitrogen and oxygen atoms in total. The number of hydrogen-bond donors (Lipinski definition) is 0. The quantitative estimate of drug-likeness (QED) is 0.263. The lowest BCUT2D eigenvalue weighted by Crippen LogP contribution is -2.58. The maximum atomic E-state index is 2.92. The highest BCUT2D eigenvalue weighted by molar-refractivity contribution is 5.00. The monoisotopic (exact) mass is 711 g/mol. The largest absolute Gasteiger partial charge is 0.303 e. The van der Waals surface area contributed by atoms with Crippen LogP contribution in [0.3, 0.4) is 0 Å². The van der Waals surface area contributed by atoms with Gasteiger partial charge in [0.25, 0.3) is 0 Å². The third kappa shape index (κ3) is 9.96. The van der Waals surface area contributed by atoms with Gasteiger partial charge in [0.1, 0.15) is 0 Å². The zero-order valence-corrected chi connectivity index (χ0v) is 36.1. The molecule has 0 aromatic heterocycles. The first kappa shape index (κ1) is 40.4. The molecule has 51 heavy (non-hydrogen) atoms. The van der Waals surface area contributed by atoms with E-state index in [0.717, 1.165) is 11.8 Å². The highest BCUT2D eigenvalue weighted by Crippen LogP contribution is 2.45. The van der Waals surface area contributed by atoms with E-state index < -0.39 is 0 Å². The van der Waals surface area contributed by atoms with Crippen molar-refractivity contribution in [3.8, 4) is 0 Å². The van der Waals surface area contributed by atoms with Crippen LogP contribution >= 0.6 is 0 Å². The summed E-state index contributed by atoms with van der Waals surface area (Å²) < 4.78 is 0. The van der Waals surface area contributed by atoms with Gasteiger partial charge in [-0.25, -0.2) is 0 Å². The number of hydrogen-bond acceptors (Lipinski definition) is 6. The third-order valence-corrected chi connectivity index (χ3v) is 15.9. The summed E-state index contributed by atoms with van der Waals surface area (Å²) in [6, 6.07) is 0.694. The van der Waals surface area contributed by atoms with Gasteiger partial charge in [-0.2, -0.15) is 0 Å². The molecule has 0 saturated carbocycles. The molecule has 0 aromatic carbocycles. The summed E-state index contributed by atoms with van der Waals surface area (Å²) in [5.74, 6) is 1.75. The molecule has 6 fully saturated rings. The van der Waals surface area contributed by atoms with Crippen LogP contribution in [0.15, 0.2) is 0 Å². The molecular formula is C45H86N6. The van der Waals surface area contributed by atoms with Gasteiger partial charge in [0, 0.05) is 47.8 Å². The van der Waals surface area contributed by atoms with Crippen molar-refractivity contribution in [3.05, 3.63) is 0 Å². The minimum Gasteiger partial charge on any atom is -0.303 e. The Labute approximate surface area is 317 Å². The van der Waals surface area contributed by atoms with Crippen LogP contribution in [0.2, 0.25) is 0 Å². The molecule has 0 aliphatic carbocycles. The summed E-state index contributed by atoms with van der Waals surface area (Å²) in [7, 11) is 0. The lowest BCUT2D eigenvalue weighted by Gasteiger charge is -2.53. The molecule has 6 heteroatoms. The maximum Gasteiger partial charge on any atom is 0.0168 e. The zero-order chi connectivity index (χ0) is 36.9. The standard InChI is InChI=1S/C45H86N6/c1-40(2,3)48-28-18-44(19-29-48)15-25-46(26-16-44)35-38-14-24-51(42(7,8)9)39(32-38)33-43(10,11)50-22-12-37(13-23-50)34-47-27-17-45(36-47)20-30-49(31-21-45)41(4,5)6/h37-39H,12-36H2,1-11H3. The predicted octanol–water partition coefficient (Wildman–Crippen LogP) is 8.31. The van der Waals surface area contributed by atoms with Gasteiger partial charge >= 0.3 is 0 Å². The molecule has 6 heterocycles. The van der Waals surface area contributed by atoms with Gasteiger partial charge in [0.15, 0.2) is 0 Å². The number of piperidine rings is 5. The molecular weight excluding hydrogens is 625 g/mol. The van der Waals surface area contributed by atoms with Gasteiger partial charge in [-0.15, -0.1) is 0 Å². The van der Waals surface area contributed by atoms with E-state index in [-0.39, 0.29) is 11.1 Å². The fraction of sp³-hybridized carbons (Fsp3) is 1.00. The van der Waals surface area contributed by atoms with Crippen LogP contribution in [0, 0.1) is 22.7 Å². The summed E-state index contributed by atoms with van der Waals surface area (Å²) in [4.78, 5) is 17.1. The van der Waals surface area contributed by atoms with Crippen LogP contribution in [-0.4, -0.2) is 143 Å². The molecule has 6 aliphatic rings. The molecule has 2 spiro atoms. The van der Waals surface area contributed by atoms with Crippen LogP contribution in [0.25, 0.3) is 0 Å². The van der Waals surface area contributed by atoms with Crippen LogP contribution in [0.4, 0.5) is 0 Å². The molecule has 0 N–H and O–H groups in total. The van der Waals surface area contributed by atoms with Gasteiger partial charge < -0.3 is 9.80 Å². The minimum absolute atomic E-state index is 0.245.